The summed E-state index contributed by atoms with van der Waals surface area (Å²) in [6.07, 6.45) is 0. The molecule has 1 atom stereocenters. The molecular weight excluding hydrogens is 352 g/mol. The molecular formula is C22H18N4O2. The van der Waals surface area contributed by atoms with E-state index in [9.17, 15) is 10.1 Å². The van der Waals surface area contributed by atoms with Gasteiger partial charge in [-0.05, 0) is 36.8 Å². The Morgan fingerprint density at radius 2 is 1.57 bits per heavy atom. The summed E-state index contributed by atoms with van der Waals surface area (Å²) in [6.45, 7) is 2.08. The Labute approximate surface area is 162 Å². The molecule has 1 unspecified atom stereocenters. The maximum Gasteiger partial charge on any atom is 0.269 e. The summed E-state index contributed by atoms with van der Waals surface area (Å²) in [5.41, 5.74) is 2.74. The first-order valence-electron chi connectivity index (χ1n) is 8.95. The number of para-hydroxylation sites is 1. The molecule has 0 spiro atoms. The van der Waals surface area contributed by atoms with E-state index in [-0.39, 0.29) is 11.7 Å². The summed E-state index contributed by atoms with van der Waals surface area (Å²) in [6, 6.07) is 24.3. The number of hydrogen-bond donors (Lipinski definition) is 1. The third-order valence-corrected chi connectivity index (χ3v) is 4.59. The van der Waals surface area contributed by atoms with Gasteiger partial charge in [0.25, 0.3) is 5.69 Å². The first-order chi connectivity index (χ1) is 13.6. The number of hydrogen-bond acceptors (Lipinski definition) is 5. The summed E-state index contributed by atoms with van der Waals surface area (Å²) in [5.74, 6) is 1.26. The Morgan fingerprint density at radius 1 is 0.893 bits per heavy atom. The predicted octanol–water partition coefficient (Wildman–Crippen LogP) is 5.38. The number of benzene rings is 3. The van der Waals surface area contributed by atoms with Gasteiger partial charge in [0.1, 0.15) is 5.82 Å². The highest BCUT2D eigenvalue weighted by Crippen LogP contribution is 2.28. The molecule has 1 heterocycles. The average Bonchev–Trinajstić information content (AvgIpc) is 2.74. The fraction of sp³-hybridized carbons (Fsp3) is 0.0909. The molecule has 138 valence electrons. The zero-order chi connectivity index (χ0) is 19.5. The summed E-state index contributed by atoms with van der Waals surface area (Å²) in [5, 5.41) is 15.3. The van der Waals surface area contributed by atoms with Crippen LogP contribution in [0.1, 0.15) is 18.5 Å². The van der Waals surface area contributed by atoms with Gasteiger partial charge in [0.05, 0.1) is 10.4 Å². The molecule has 0 saturated carbocycles. The van der Waals surface area contributed by atoms with Crippen LogP contribution in [0.3, 0.4) is 0 Å². The minimum atomic E-state index is -0.417. The van der Waals surface area contributed by atoms with Gasteiger partial charge in [0.2, 0.25) is 0 Å². The van der Waals surface area contributed by atoms with Crippen molar-refractivity contribution in [3.8, 4) is 11.4 Å². The predicted molar refractivity (Wildman–Crippen MR) is 110 cm³/mol. The Kier molecular flexibility index (Phi) is 4.68. The highest BCUT2D eigenvalue weighted by molar-refractivity contribution is 5.90. The lowest BCUT2D eigenvalue weighted by molar-refractivity contribution is -0.384. The van der Waals surface area contributed by atoms with Gasteiger partial charge in [0.15, 0.2) is 5.82 Å². The normalized spacial score (nSPS) is 11.9. The number of nitro benzene ring substituents is 1. The quantitative estimate of drug-likeness (QED) is 0.377. The highest BCUT2D eigenvalue weighted by atomic mass is 16.6. The van der Waals surface area contributed by atoms with Crippen molar-refractivity contribution in [2.45, 2.75) is 13.0 Å². The first kappa shape index (κ1) is 17.6. The van der Waals surface area contributed by atoms with Crippen LogP contribution in [-0.2, 0) is 0 Å². The largest absolute Gasteiger partial charge is 0.363 e. The van der Waals surface area contributed by atoms with Crippen molar-refractivity contribution in [3.63, 3.8) is 0 Å². The average molecular weight is 370 g/mol. The lowest BCUT2D eigenvalue weighted by Crippen LogP contribution is -2.09. The minimum absolute atomic E-state index is 0.0422. The summed E-state index contributed by atoms with van der Waals surface area (Å²) < 4.78 is 0. The van der Waals surface area contributed by atoms with Crippen LogP contribution in [0.2, 0.25) is 0 Å². The molecule has 28 heavy (non-hydrogen) atoms. The van der Waals surface area contributed by atoms with Gasteiger partial charge in [0, 0.05) is 29.1 Å². The van der Waals surface area contributed by atoms with Crippen LogP contribution in [0, 0.1) is 10.1 Å². The monoisotopic (exact) mass is 370 g/mol. The third-order valence-electron chi connectivity index (χ3n) is 4.59. The van der Waals surface area contributed by atoms with Gasteiger partial charge in [-0.1, -0.05) is 42.5 Å². The van der Waals surface area contributed by atoms with Crippen LogP contribution in [-0.4, -0.2) is 14.9 Å². The number of nitro groups is 1. The Hall–Kier alpha value is -3.80. The second-order valence-corrected chi connectivity index (χ2v) is 6.49. The maximum absolute atomic E-state index is 10.9. The molecule has 0 bridgehead atoms. The van der Waals surface area contributed by atoms with Crippen molar-refractivity contribution in [1.82, 2.24) is 9.97 Å². The van der Waals surface area contributed by atoms with Crippen molar-refractivity contribution < 1.29 is 4.92 Å². The van der Waals surface area contributed by atoms with Gasteiger partial charge in [-0.3, -0.25) is 10.1 Å². The molecule has 0 radical (unpaired) electrons. The zero-order valence-corrected chi connectivity index (χ0v) is 15.2. The van der Waals surface area contributed by atoms with Crippen LogP contribution < -0.4 is 5.32 Å². The molecule has 1 N–H and O–H groups in total. The van der Waals surface area contributed by atoms with E-state index in [1.54, 1.807) is 12.1 Å². The molecule has 6 nitrogen and oxygen atoms in total. The molecule has 3 aromatic carbocycles. The molecule has 0 amide bonds. The van der Waals surface area contributed by atoms with E-state index in [1.807, 2.05) is 42.5 Å². The van der Waals surface area contributed by atoms with Crippen LogP contribution >= 0.6 is 0 Å². The minimum Gasteiger partial charge on any atom is -0.363 e. The van der Waals surface area contributed by atoms with E-state index in [0.717, 1.165) is 27.8 Å². The van der Waals surface area contributed by atoms with Gasteiger partial charge in [-0.25, -0.2) is 9.97 Å². The van der Waals surface area contributed by atoms with Crippen molar-refractivity contribution in [2.24, 2.45) is 0 Å². The molecule has 0 aliphatic rings. The number of aromatic nitrogens is 2. The molecule has 0 saturated heterocycles. The number of nitrogens with one attached hydrogen (secondary N) is 1. The highest BCUT2D eigenvalue weighted by Gasteiger charge is 2.13. The molecule has 0 aliphatic carbocycles. The van der Waals surface area contributed by atoms with Gasteiger partial charge < -0.3 is 5.32 Å². The Bertz CT molecular complexity index is 1130. The number of anilines is 1. The molecule has 1 aromatic heterocycles. The van der Waals surface area contributed by atoms with E-state index in [0.29, 0.717) is 5.82 Å². The Morgan fingerprint density at radius 3 is 2.29 bits per heavy atom. The maximum atomic E-state index is 10.9. The molecule has 4 aromatic rings. The molecule has 0 fully saturated rings. The van der Waals surface area contributed by atoms with Crippen molar-refractivity contribution in [2.75, 3.05) is 5.32 Å². The molecule has 6 heteroatoms. The van der Waals surface area contributed by atoms with Gasteiger partial charge >= 0.3 is 0 Å². The lowest BCUT2D eigenvalue weighted by atomic mass is 10.1. The molecule has 4 rings (SSSR count). The van der Waals surface area contributed by atoms with Gasteiger partial charge in [-0.15, -0.1) is 0 Å². The number of fused-ring (bicyclic) bond motifs is 1. The molecule has 0 aliphatic heterocycles. The Balaban J connectivity index is 1.76. The van der Waals surface area contributed by atoms with Crippen molar-refractivity contribution in [3.05, 3.63) is 94.5 Å². The van der Waals surface area contributed by atoms with E-state index in [2.05, 4.69) is 29.4 Å². The zero-order valence-electron chi connectivity index (χ0n) is 15.2. The van der Waals surface area contributed by atoms with E-state index < -0.39 is 4.92 Å². The smallest absolute Gasteiger partial charge is 0.269 e. The van der Waals surface area contributed by atoms with Crippen molar-refractivity contribution in [1.29, 1.82) is 0 Å². The van der Waals surface area contributed by atoms with Crippen molar-refractivity contribution >= 4 is 22.4 Å². The second kappa shape index (κ2) is 7.44. The topological polar surface area (TPSA) is 81.0 Å². The summed E-state index contributed by atoms with van der Waals surface area (Å²) in [7, 11) is 0. The van der Waals surface area contributed by atoms with E-state index in [4.69, 9.17) is 4.98 Å². The number of rotatable bonds is 5. The van der Waals surface area contributed by atoms with Crippen LogP contribution in [0.5, 0.6) is 0 Å². The fourth-order valence-electron chi connectivity index (χ4n) is 3.08. The van der Waals surface area contributed by atoms with Crippen LogP contribution in [0.4, 0.5) is 11.5 Å². The summed E-state index contributed by atoms with van der Waals surface area (Å²) >= 11 is 0. The second-order valence-electron chi connectivity index (χ2n) is 6.49. The summed E-state index contributed by atoms with van der Waals surface area (Å²) in [4.78, 5) is 19.8. The first-order valence-corrected chi connectivity index (χ1v) is 8.95. The lowest BCUT2D eigenvalue weighted by Gasteiger charge is -2.17. The van der Waals surface area contributed by atoms with E-state index in [1.165, 1.54) is 12.1 Å². The van der Waals surface area contributed by atoms with Crippen LogP contribution in [0.15, 0.2) is 78.9 Å². The fourth-order valence-corrected chi connectivity index (χ4v) is 3.08. The SMILES string of the molecule is CC(Nc1nc(-c2ccc([N+](=O)[O-])cc2)nc2ccccc12)c1ccccc1. The third kappa shape index (κ3) is 3.53. The number of non-ortho nitro benzene ring substituents is 1. The van der Waals surface area contributed by atoms with Crippen LogP contribution in [0.25, 0.3) is 22.3 Å². The number of nitrogens with zero attached hydrogens (tertiary/aromatic N) is 3. The van der Waals surface area contributed by atoms with Gasteiger partial charge in [-0.2, -0.15) is 0 Å². The standard InChI is InChI=1S/C22H18N4O2/c1-15(16-7-3-2-4-8-16)23-22-19-9-5-6-10-20(19)24-21(25-22)17-11-13-18(14-12-17)26(27)28/h2-15H,1H3,(H,23,24,25). The van der Waals surface area contributed by atoms with E-state index >= 15 is 0 Å².